The fraction of sp³-hybridized carbons (Fsp3) is 0.200. The predicted octanol–water partition coefficient (Wildman–Crippen LogP) is 2.97. The molecule has 0 unspecified atom stereocenters. The highest BCUT2D eigenvalue weighted by Crippen LogP contribution is 2.33. The summed E-state index contributed by atoms with van der Waals surface area (Å²) in [5, 5.41) is 0.715. The van der Waals surface area contributed by atoms with Crippen LogP contribution in [0.3, 0.4) is 0 Å². The highest BCUT2D eigenvalue weighted by Gasteiger charge is 2.22. The maximum atomic E-state index is 14.1. The second-order valence-corrected chi connectivity index (χ2v) is 6.03. The van der Waals surface area contributed by atoms with Gasteiger partial charge in [0, 0.05) is 25.7 Å². The van der Waals surface area contributed by atoms with Crippen molar-refractivity contribution >= 4 is 22.4 Å². The number of para-hydroxylation sites is 1. The van der Waals surface area contributed by atoms with Crippen LogP contribution in [0.5, 0.6) is 11.5 Å². The first-order chi connectivity index (χ1) is 12.9. The number of amides is 1. The topological polar surface area (TPSA) is 60.8 Å². The molecular weight excluding hydrogens is 351 g/mol. The van der Waals surface area contributed by atoms with Gasteiger partial charge in [-0.3, -0.25) is 9.59 Å². The molecule has 0 aliphatic rings. The number of anilines is 1. The molecule has 0 aliphatic carbocycles. The Bertz CT molecular complexity index is 1090. The number of rotatable bonds is 4. The SMILES string of the molecule is COc1cc2c(C(=O)N(C)c3ccccc3F)cn(C)c(=O)c2cc1OC. The Morgan fingerprint density at radius 2 is 1.67 bits per heavy atom. The van der Waals surface area contributed by atoms with E-state index in [0.717, 1.165) is 0 Å². The Hall–Kier alpha value is -3.35. The molecule has 1 heterocycles. The van der Waals surface area contributed by atoms with Crippen molar-refractivity contribution in [3.8, 4) is 11.5 Å². The molecule has 0 atom stereocenters. The van der Waals surface area contributed by atoms with E-state index in [-0.39, 0.29) is 16.8 Å². The molecule has 3 aromatic rings. The molecule has 0 saturated carbocycles. The zero-order valence-electron chi connectivity index (χ0n) is 15.4. The first-order valence-corrected chi connectivity index (χ1v) is 8.17. The van der Waals surface area contributed by atoms with E-state index in [1.54, 1.807) is 25.2 Å². The van der Waals surface area contributed by atoms with Gasteiger partial charge in [0.05, 0.1) is 30.9 Å². The third-order valence-corrected chi connectivity index (χ3v) is 4.44. The third-order valence-electron chi connectivity index (χ3n) is 4.44. The first kappa shape index (κ1) is 18.4. The third kappa shape index (κ3) is 3.12. The second-order valence-electron chi connectivity index (χ2n) is 6.03. The molecular formula is C20H19FN2O4. The molecule has 0 bridgehead atoms. The summed E-state index contributed by atoms with van der Waals surface area (Å²) in [5.41, 5.74) is 0.111. The Morgan fingerprint density at radius 3 is 2.26 bits per heavy atom. The highest BCUT2D eigenvalue weighted by atomic mass is 19.1. The minimum absolute atomic E-state index is 0.143. The van der Waals surface area contributed by atoms with Crippen molar-refractivity contribution in [1.29, 1.82) is 0 Å². The number of fused-ring (bicyclic) bond motifs is 1. The molecule has 0 spiro atoms. The van der Waals surface area contributed by atoms with Gasteiger partial charge in [-0.25, -0.2) is 4.39 Å². The van der Waals surface area contributed by atoms with Crippen LogP contribution in [0.15, 0.2) is 47.4 Å². The van der Waals surface area contributed by atoms with Crippen LogP contribution in [0.4, 0.5) is 10.1 Å². The quantitative estimate of drug-likeness (QED) is 0.708. The van der Waals surface area contributed by atoms with Crippen LogP contribution >= 0.6 is 0 Å². The molecule has 2 aromatic carbocycles. The minimum Gasteiger partial charge on any atom is -0.493 e. The number of carbonyl (C=O) groups is 1. The molecule has 3 rings (SSSR count). The van der Waals surface area contributed by atoms with E-state index in [1.165, 1.54) is 55.1 Å². The maximum Gasteiger partial charge on any atom is 0.260 e. The first-order valence-electron chi connectivity index (χ1n) is 8.17. The van der Waals surface area contributed by atoms with E-state index >= 15 is 0 Å². The van der Waals surface area contributed by atoms with Gasteiger partial charge in [0.2, 0.25) is 0 Å². The van der Waals surface area contributed by atoms with Gasteiger partial charge in [0.25, 0.3) is 11.5 Å². The average Bonchev–Trinajstić information content (AvgIpc) is 2.69. The zero-order chi connectivity index (χ0) is 19.7. The molecule has 1 aromatic heterocycles. The Balaban J connectivity index is 2.24. The zero-order valence-corrected chi connectivity index (χ0v) is 15.4. The lowest BCUT2D eigenvalue weighted by molar-refractivity contribution is 0.0993. The lowest BCUT2D eigenvalue weighted by Crippen LogP contribution is -2.29. The number of ether oxygens (including phenoxy) is 2. The van der Waals surface area contributed by atoms with Gasteiger partial charge in [-0.05, 0) is 24.3 Å². The number of aromatic nitrogens is 1. The van der Waals surface area contributed by atoms with Gasteiger partial charge in [0.1, 0.15) is 5.82 Å². The van der Waals surface area contributed by atoms with E-state index in [0.29, 0.717) is 22.3 Å². The van der Waals surface area contributed by atoms with E-state index in [1.807, 2.05) is 0 Å². The summed E-state index contributed by atoms with van der Waals surface area (Å²) >= 11 is 0. The fourth-order valence-electron chi connectivity index (χ4n) is 2.97. The van der Waals surface area contributed by atoms with Crippen LogP contribution in [0, 0.1) is 5.82 Å². The van der Waals surface area contributed by atoms with Crippen molar-refractivity contribution in [1.82, 2.24) is 4.57 Å². The number of nitrogens with zero attached hydrogens (tertiary/aromatic N) is 2. The van der Waals surface area contributed by atoms with Gasteiger partial charge in [0.15, 0.2) is 11.5 Å². The van der Waals surface area contributed by atoms with Crippen LogP contribution in [-0.4, -0.2) is 31.7 Å². The molecule has 0 saturated heterocycles. The Morgan fingerprint density at radius 1 is 1.07 bits per heavy atom. The number of pyridine rings is 1. The summed E-state index contributed by atoms with van der Waals surface area (Å²) < 4.78 is 26.0. The average molecular weight is 370 g/mol. The molecule has 6 nitrogen and oxygen atoms in total. The second kappa shape index (κ2) is 7.11. The normalized spacial score (nSPS) is 10.7. The van der Waals surface area contributed by atoms with Crippen molar-refractivity contribution in [3.63, 3.8) is 0 Å². The van der Waals surface area contributed by atoms with E-state index in [2.05, 4.69) is 0 Å². The highest BCUT2D eigenvalue weighted by molar-refractivity contribution is 6.14. The van der Waals surface area contributed by atoms with Gasteiger partial charge >= 0.3 is 0 Å². The number of methoxy groups -OCH3 is 2. The van der Waals surface area contributed by atoms with Gasteiger partial charge in [-0.2, -0.15) is 0 Å². The van der Waals surface area contributed by atoms with Crippen LogP contribution < -0.4 is 19.9 Å². The van der Waals surface area contributed by atoms with E-state index in [9.17, 15) is 14.0 Å². The van der Waals surface area contributed by atoms with Crippen LogP contribution in [0.2, 0.25) is 0 Å². The number of halogens is 1. The minimum atomic E-state index is -0.512. The molecule has 0 aliphatic heterocycles. The summed E-state index contributed by atoms with van der Waals surface area (Å²) in [6.07, 6.45) is 1.44. The largest absolute Gasteiger partial charge is 0.493 e. The summed E-state index contributed by atoms with van der Waals surface area (Å²) in [6.45, 7) is 0. The van der Waals surface area contributed by atoms with Crippen molar-refractivity contribution < 1.29 is 18.7 Å². The van der Waals surface area contributed by atoms with Gasteiger partial charge < -0.3 is 18.9 Å². The standard InChI is InChI=1S/C20H19FN2O4/c1-22-11-14(20(25)23(2)16-8-6-5-7-15(16)21)12-9-17(26-3)18(27-4)10-13(12)19(22)24/h5-11H,1-4H3. The molecule has 7 heteroatoms. The molecule has 0 radical (unpaired) electrons. The number of aryl methyl sites for hydroxylation is 1. The molecule has 27 heavy (non-hydrogen) atoms. The molecule has 0 N–H and O–H groups in total. The van der Waals surface area contributed by atoms with Gasteiger partial charge in [-0.15, -0.1) is 0 Å². The summed E-state index contributed by atoms with van der Waals surface area (Å²) in [6, 6.07) is 9.12. The Labute approximate surface area is 155 Å². The molecule has 0 fully saturated rings. The number of benzene rings is 2. The van der Waals surface area contributed by atoms with Crippen LogP contribution in [0.1, 0.15) is 10.4 Å². The smallest absolute Gasteiger partial charge is 0.260 e. The number of carbonyl (C=O) groups excluding carboxylic acids is 1. The van der Waals surface area contributed by atoms with Crippen LogP contribution in [-0.2, 0) is 7.05 Å². The number of hydrogen-bond acceptors (Lipinski definition) is 4. The predicted molar refractivity (Wildman–Crippen MR) is 101 cm³/mol. The van der Waals surface area contributed by atoms with Crippen molar-refractivity contribution in [3.05, 3.63) is 64.3 Å². The summed E-state index contributed by atoms with van der Waals surface area (Å²) in [4.78, 5) is 26.9. The van der Waals surface area contributed by atoms with Crippen molar-refractivity contribution in [2.45, 2.75) is 0 Å². The summed E-state index contributed by atoms with van der Waals surface area (Å²) in [5.74, 6) is -0.190. The molecule has 140 valence electrons. The fourth-order valence-corrected chi connectivity index (χ4v) is 2.97. The lowest BCUT2D eigenvalue weighted by atomic mass is 10.0. The van der Waals surface area contributed by atoms with E-state index in [4.69, 9.17) is 9.47 Å². The van der Waals surface area contributed by atoms with Crippen LogP contribution in [0.25, 0.3) is 10.8 Å². The van der Waals surface area contributed by atoms with Gasteiger partial charge in [-0.1, -0.05) is 12.1 Å². The maximum absolute atomic E-state index is 14.1. The van der Waals surface area contributed by atoms with Crippen molar-refractivity contribution in [2.75, 3.05) is 26.2 Å². The molecule has 1 amide bonds. The summed E-state index contributed by atoms with van der Waals surface area (Å²) in [7, 11) is 5.98. The van der Waals surface area contributed by atoms with E-state index < -0.39 is 11.7 Å². The monoisotopic (exact) mass is 370 g/mol. The van der Waals surface area contributed by atoms with Crippen molar-refractivity contribution in [2.24, 2.45) is 7.05 Å². The Kier molecular flexibility index (Phi) is 4.85. The number of hydrogen-bond donors (Lipinski definition) is 0. The lowest BCUT2D eigenvalue weighted by Gasteiger charge is -2.20.